The summed E-state index contributed by atoms with van der Waals surface area (Å²) < 4.78 is 18.6. The average Bonchev–Trinajstić information content (AvgIpc) is 4.35. The van der Waals surface area contributed by atoms with Gasteiger partial charge in [-0.15, -0.1) is 48.1 Å². The monoisotopic (exact) mass is 1240 g/mol. The first-order valence-corrected chi connectivity index (χ1v) is 27.7. The second kappa shape index (κ2) is 20.7. The first-order chi connectivity index (χ1) is 39.4. The molecule has 0 aliphatic carbocycles. The van der Waals surface area contributed by atoms with Crippen molar-refractivity contribution < 1.29 is 30.5 Å². The van der Waals surface area contributed by atoms with E-state index in [1.165, 1.54) is 21.9 Å². The number of para-hydroxylation sites is 5. The molecule has 8 heteroatoms. The van der Waals surface area contributed by atoms with Crippen LogP contribution in [0.25, 0.3) is 77.4 Å². The van der Waals surface area contributed by atoms with Crippen LogP contribution in [0, 0.1) is 18.8 Å². The van der Waals surface area contributed by atoms with Crippen LogP contribution in [0.1, 0.15) is 52.7 Å². The first-order valence-electron chi connectivity index (χ1n) is 27.7. The Morgan fingerprint density at radius 1 is 0.427 bits per heavy atom. The molecule has 0 amide bonds. The second-order valence-electron chi connectivity index (χ2n) is 23.0. The molecule has 1 aliphatic heterocycles. The van der Waals surface area contributed by atoms with E-state index in [1.807, 2.05) is 36.5 Å². The fraction of sp³-hybridized carbons (Fsp3) is 0.108. The summed E-state index contributed by atoms with van der Waals surface area (Å²) in [6.45, 7) is 15.9. The molecule has 0 radical (unpaired) electrons. The molecule has 0 fully saturated rings. The third-order valence-electron chi connectivity index (χ3n) is 15.6. The predicted molar refractivity (Wildman–Crippen MR) is 333 cm³/mol. The first kappa shape index (κ1) is 52.2. The Labute approximate surface area is 493 Å². The molecule has 3 aromatic heterocycles. The van der Waals surface area contributed by atoms with E-state index in [9.17, 15) is 0 Å². The Morgan fingerprint density at radius 3 is 1.55 bits per heavy atom. The van der Waals surface area contributed by atoms with Gasteiger partial charge < -0.3 is 28.4 Å². The minimum Gasteiger partial charge on any atom is -0.509 e. The molecule has 0 unspecified atom stereocenters. The minimum atomic E-state index is -0.0249. The standard InChI is InChI=1S/C74H58N5O2.Pt/c1-73(2,3)51-40-52(74(4,5)6)42-54(41-51)77-48-76(68-34-19-20-35-69(68)77)53-26-21-27-56(43-53)80-57-36-37-62-61-30-15-18-33-67(61)79(70(62)46-57)71-47-58(38-39-75-71)81-72-63(49-22-9-7-10-23-49)44-55(45-64(72)50-24-11-8-12-25-50)78-65-31-16-13-28-59(65)60-29-14-17-32-66(60)78;/h7-42,44-45,47-48H,1-6H3;/q-3;. The number of fused-ring (bicyclic) bond motifs is 7. The van der Waals surface area contributed by atoms with E-state index in [4.69, 9.17) is 14.5 Å². The molecule has 82 heavy (non-hydrogen) atoms. The number of nitrogens with zero attached hydrogens (tertiary/aromatic N) is 5. The number of pyridine rings is 1. The van der Waals surface area contributed by atoms with Crippen LogP contribution < -0.4 is 19.3 Å². The van der Waals surface area contributed by atoms with E-state index >= 15 is 0 Å². The molecular formula is C74H58N5O2Pt-3. The SMILES string of the molecule is CC(C)(C)c1cc(N2[CH-]N(c3[c-]c(Oc4[c-]c5c(cc4)c4ccccc4n5-c4cc(Oc5c(-c6ccccc6)cc(-n6c7ccccc7c7ccccc76)cc5-c5ccccc5)ccn4)ccc3)c3ccccc32)cc(C(C)(C)C)c1.[Pt]. The quantitative estimate of drug-likeness (QED) is 0.128. The maximum absolute atomic E-state index is 7.30. The van der Waals surface area contributed by atoms with E-state index in [0.717, 1.165) is 89.3 Å². The van der Waals surface area contributed by atoms with Crippen LogP contribution in [-0.4, -0.2) is 14.1 Å². The Kier molecular flexibility index (Phi) is 13.2. The van der Waals surface area contributed by atoms with E-state index in [-0.39, 0.29) is 31.9 Å². The van der Waals surface area contributed by atoms with Gasteiger partial charge in [0.15, 0.2) is 0 Å². The summed E-state index contributed by atoms with van der Waals surface area (Å²) in [5, 5.41) is 4.51. The normalized spacial score (nSPS) is 12.6. The van der Waals surface area contributed by atoms with Crippen molar-refractivity contribution in [2.45, 2.75) is 52.4 Å². The van der Waals surface area contributed by atoms with Crippen LogP contribution in [0.15, 0.2) is 237 Å². The number of rotatable bonds is 10. The van der Waals surface area contributed by atoms with E-state index in [2.05, 4.69) is 279 Å². The van der Waals surface area contributed by atoms with Crippen LogP contribution >= 0.6 is 0 Å². The Hall–Kier alpha value is -9.16. The summed E-state index contributed by atoms with van der Waals surface area (Å²) in [5.41, 5.74) is 15.8. The average molecular weight is 1240 g/mol. The number of hydrogen-bond acceptors (Lipinski definition) is 5. The fourth-order valence-electron chi connectivity index (χ4n) is 11.5. The maximum Gasteiger partial charge on any atom is 0.143 e. The number of hydrogen-bond donors (Lipinski definition) is 0. The zero-order valence-electron chi connectivity index (χ0n) is 46.5. The van der Waals surface area contributed by atoms with Gasteiger partial charge in [0.2, 0.25) is 0 Å². The molecule has 404 valence electrons. The topological polar surface area (TPSA) is 47.7 Å². The van der Waals surface area contributed by atoms with Gasteiger partial charge in [-0.2, -0.15) is 12.1 Å². The summed E-state index contributed by atoms with van der Waals surface area (Å²) in [5.74, 6) is 3.18. The molecule has 0 N–H and O–H groups in total. The predicted octanol–water partition coefficient (Wildman–Crippen LogP) is 19.8. The Balaban J connectivity index is 0.00000631. The largest absolute Gasteiger partial charge is 0.509 e. The van der Waals surface area contributed by atoms with Crippen molar-refractivity contribution in [3.8, 4) is 56.8 Å². The molecule has 10 aromatic carbocycles. The van der Waals surface area contributed by atoms with Gasteiger partial charge in [0.05, 0.1) is 11.0 Å². The zero-order chi connectivity index (χ0) is 55.0. The van der Waals surface area contributed by atoms with E-state index in [0.29, 0.717) is 23.1 Å². The van der Waals surface area contributed by atoms with Gasteiger partial charge >= 0.3 is 0 Å². The number of aromatic nitrogens is 3. The van der Waals surface area contributed by atoms with Crippen LogP contribution in [0.4, 0.5) is 22.7 Å². The molecule has 0 saturated heterocycles. The van der Waals surface area contributed by atoms with Gasteiger partial charge in [-0.1, -0.05) is 181 Å². The van der Waals surface area contributed by atoms with Gasteiger partial charge in [0, 0.05) is 95.0 Å². The summed E-state index contributed by atoms with van der Waals surface area (Å²) >= 11 is 0. The molecule has 1 aliphatic rings. The number of benzene rings is 10. The Bertz CT molecular complexity index is 4400. The van der Waals surface area contributed by atoms with Gasteiger partial charge in [-0.05, 0) is 99.1 Å². The van der Waals surface area contributed by atoms with Crippen molar-refractivity contribution in [2.75, 3.05) is 9.80 Å². The molecule has 0 atom stereocenters. The summed E-state index contributed by atoms with van der Waals surface area (Å²) in [4.78, 5) is 9.53. The molecule has 0 bridgehead atoms. The summed E-state index contributed by atoms with van der Waals surface area (Å²) in [7, 11) is 0. The second-order valence-corrected chi connectivity index (χ2v) is 23.0. The molecule has 0 saturated carbocycles. The number of anilines is 4. The third-order valence-corrected chi connectivity index (χ3v) is 15.6. The molecule has 14 rings (SSSR count). The van der Waals surface area contributed by atoms with Crippen molar-refractivity contribution in [1.29, 1.82) is 0 Å². The summed E-state index contributed by atoms with van der Waals surface area (Å²) in [6.07, 6.45) is 1.82. The molecular weight excluding hydrogens is 1190 g/mol. The van der Waals surface area contributed by atoms with Crippen molar-refractivity contribution in [3.63, 3.8) is 0 Å². The molecule has 4 heterocycles. The summed E-state index contributed by atoms with van der Waals surface area (Å²) in [6, 6.07) is 88.2. The van der Waals surface area contributed by atoms with Crippen molar-refractivity contribution in [1.82, 2.24) is 14.1 Å². The van der Waals surface area contributed by atoms with Crippen molar-refractivity contribution in [3.05, 3.63) is 267 Å². The third kappa shape index (κ3) is 9.39. The van der Waals surface area contributed by atoms with Gasteiger partial charge in [-0.3, -0.25) is 0 Å². The number of ether oxygens (including phenoxy) is 2. The zero-order valence-corrected chi connectivity index (χ0v) is 48.7. The van der Waals surface area contributed by atoms with Crippen molar-refractivity contribution in [2.24, 2.45) is 0 Å². The maximum atomic E-state index is 7.30. The smallest absolute Gasteiger partial charge is 0.143 e. The van der Waals surface area contributed by atoms with Crippen LogP contribution in [0.2, 0.25) is 0 Å². The van der Waals surface area contributed by atoms with Gasteiger partial charge in [-0.25, -0.2) is 4.98 Å². The minimum absolute atomic E-state index is 0. The molecule has 13 aromatic rings. The fourth-order valence-corrected chi connectivity index (χ4v) is 11.5. The Morgan fingerprint density at radius 2 is 0.951 bits per heavy atom. The van der Waals surface area contributed by atoms with Gasteiger partial charge in [0.25, 0.3) is 0 Å². The van der Waals surface area contributed by atoms with Crippen molar-refractivity contribution >= 4 is 66.4 Å². The van der Waals surface area contributed by atoms with Crippen LogP contribution in [-0.2, 0) is 31.9 Å². The molecule has 0 spiro atoms. The van der Waals surface area contributed by atoms with Crippen LogP contribution in [0.5, 0.6) is 23.0 Å². The van der Waals surface area contributed by atoms with Gasteiger partial charge in [0.1, 0.15) is 17.3 Å². The molecule has 7 nitrogen and oxygen atoms in total. The van der Waals surface area contributed by atoms with E-state index < -0.39 is 0 Å². The van der Waals surface area contributed by atoms with Crippen LogP contribution in [0.3, 0.4) is 0 Å². The van der Waals surface area contributed by atoms with E-state index in [1.54, 1.807) is 0 Å².